The first-order valence-corrected chi connectivity index (χ1v) is 4.44. The van der Waals surface area contributed by atoms with Crippen molar-refractivity contribution >= 4 is 12.3 Å². The van der Waals surface area contributed by atoms with Crippen LogP contribution in [0.5, 0.6) is 0 Å². The van der Waals surface area contributed by atoms with E-state index in [1.807, 2.05) is 0 Å². The predicted molar refractivity (Wildman–Crippen MR) is 49.5 cm³/mol. The number of carbonyl (C=O) groups excluding carboxylic acids is 1. The van der Waals surface area contributed by atoms with Crippen molar-refractivity contribution in [2.75, 3.05) is 6.54 Å². The van der Waals surface area contributed by atoms with Gasteiger partial charge in [-0.3, -0.25) is 0 Å². The van der Waals surface area contributed by atoms with Crippen LogP contribution in [0.25, 0.3) is 0 Å². The molecule has 0 aliphatic heterocycles. The lowest BCUT2D eigenvalue weighted by Crippen LogP contribution is -1.83. The van der Waals surface area contributed by atoms with Crippen molar-refractivity contribution in [1.82, 2.24) is 0 Å². The Kier molecular flexibility index (Phi) is 9.25. The fourth-order valence-corrected chi connectivity index (χ4v) is 1.01. The molecule has 68 valence electrons. The molecule has 0 saturated heterocycles. The Morgan fingerprint density at radius 3 is 2.50 bits per heavy atom. The van der Waals surface area contributed by atoms with Crippen molar-refractivity contribution in [1.29, 1.82) is 5.41 Å². The van der Waals surface area contributed by atoms with Gasteiger partial charge in [0.2, 0.25) is 6.08 Å². The molecule has 0 fully saturated rings. The van der Waals surface area contributed by atoms with E-state index in [0.29, 0.717) is 6.54 Å². The Morgan fingerprint density at radius 2 is 1.83 bits per heavy atom. The summed E-state index contributed by atoms with van der Waals surface area (Å²) in [4.78, 5) is 13.1. The molecular weight excluding hydrogens is 152 g/mol. The maximum Gasteiger partial charge on any atom is 0.234 e. The minimum atomic E-state index is 0.619. The lowest BCUT2D eigenvalue weighted by Gasteiger charge is -1.96. The molecule has 12 heavy (non-hydrogen) atoms. The second-order valence-electron chi connectivity index (χ2n) is 2.73. The van der Waals surface area contributed by atoms with Gasteiger partial charge in [0.25, 0.3) is 0 Å². The summed E-state index contributed by atoms with van der Waals surface area (Å²) in [6, 6.07) is 0. The molecule has 0 aliphatic carbocycles. The van der Waals surface area contributed by atoms with Crippen molar-refractivity contribution in [3.05, 3.63) is 0 Å². The molecule has 0 heterocycles. The highest BCUT2D eigenvalue weighted by atomic mass is 16.1. The number of unbranched alkanes of at least 4 members (excludes halogenated alkanes) is 5. The Morgan fingerprint density at radius 1 is 1.17 bits per heavy atom. The quantitative estimate of drug-likeness (QED) is 0.337. The molecular formula is C9H16N2O. The molecule has 0 bridgehead atoms. The number of hydrogen-bond acceptors (Lipinski definition) is 3. The van der Waals surface area contributed by atoms with E-state index >= 15 is 0 Å². The van der Waals surface area contributed by atoms with E-state index in [-0.39, 0.29) is 0 Å². The predicted octanol–water partition coefficient (Wildman–Crippen LogP) is 2.31. The molecule has 0 spiro atoms. The van der Waals surface area contributed by atoms with Crippen LogP contribution in [0.4, 0.5) is 0 Å². The van der Waals surface area contributed by atoms with E-state index in [1.165, 1.54) is 25.1 Å². The van der Waals surface area contributed by atoms with Crippen molar-refractivity contribution in [3.8, 4) is 0 Å². The van der Waals surface area contributed by atoms with Crippen LogP contribution >= 0.6 is 0 Å². The SMILES string of the molecule is N=CCCCCCCCN=C=O. The number of nitrogens with one attached hydrogen (secondary N) is 1. The summed E-state index contributed by atoms with van der Waals surface area (Å²) in [6.45, 7) is 0.619. The average molecular weight is 168 g/mol. The van der Waals surface area contributed by atoms with Gasteiger partial charge in [0.05, 0.1) is 6.54 Å². The van der Waals surface area contributed by atoms with Crippen molar-refractivity contribution in [3.63, 3.8) is 0 Å². The molecule has 1 N–H and O–H groups in total. The minimum Gasteiger partial charge on any atom is -0.313 e. The summed E-state index contributed by atoms with van der Waals surface area (Å²) in [5.41, 5.74) is 0. The molecule has 0 unspecified atom stereocenters. The Hall–Kier alpha value is -0.950. The number of isocyanates is 1. The molecule has 0 amide bonds. The molecule has 3 nitrogen and oxygen atoms in total. The van der Waals surface area contributed by atoms with Gasteiger partial charge in [-0.1, -0.05) is 19.3 Å². The first kappa shape index (κ1) is 11.1. The molecule has 0 aromatic rings. The minimum absolute atomic E-state index is 0.619. The molecule has 0 aromatic carbocycles. The van der Waals surface area contributed by atoms with Gasteiger partial charge in [-0.15, -0.1) is 0 Å². The second-order valence-corrected chi connectivity index (χ2v) is 2.73. The van der Waals surface area contributed by atoms with Gasteiger partial charge in [0, 0.05) is 0 Å². The van der Waals surface area contributed by atoms with Gasteiger partial charge in [-0.25, -0.2) is 9.79 Å². The van der Waals surface area contributed by atoms with Gasteiger partial charge >= 0.3 is 0 Å². The third-order valence-corrected chi connectivity index (χ3v) is 1.68. The van der Waals surface area contributed by atoms with Gasteiger partial charge < -0.3 is 5.41 Å². The summed E-state index contributed by atoms with van der Waals surface area (Å²) in [5.74, 6) is 0. The van der Waals surface area contributed by atoms with Gasteiger partial charge in [0.1, 0.15) is 0 Å². The molecule has 3 heteroatoms. The van der Waals surface area contributed by atoms with Crippen molar-refractivity contribution in [2.45, 2.75) is 38.5 Å². The lowest BCUT2D eigenvalue weighted by molar-refractivity contribution is 0.560. The van der Waals surface area contributed by atoms with E-state index in [4.69, 9.17) is 5.41 Å². The molecule has 0 saturated carbocycles. The van der Waals surface area contributed by atoms with Crippen LogP contribution in [-0.2, 0) is 4.79 Å². The van der Waals surface area contributed by atoms with Crippen molar-refractivity contribution < 1.29 is 4.79 Å². The van der Waals surface area contributed by atoms with E-state index in [2.05, 4.69) is 4.99 Å². The van der Waals surface area contributed by atoms with Crippen LogP contribution in [0, 0.1) is 5.41 Å². The van der Waals surface area contributed by atoms with Crippen LogP contribution < -0.4 is 0 Å². The topological polar surface area (TPSA) is 53.3 Å². The fourth-order valence-electron chi connectivity index (χ4n) is 1.01. The van der Waals surface area contributed by atoms with E-state index < -0.39 is 0 Å². The van der Waals surface area contributed by atoms with E-state index in [0.717, 1.165) is 25.7 Å². The van der Waals surface area contributed by atoms with Crippen LogP contribution in [0.15, 0.2) is 4.99 Å². The van der Waals surface area contributed by atoms with Gasteiger partial charge in [0.15, 0.2) is 0 Å². The fraction of sp³-hybridized carbons (Fsp3) is 0.778. The smallest absolute Gasteiger partial charge is 0.234 e. The maximum atomic E-state index is 9.66. The summed E-state index contributed by atoms with van der Waals surface area (Å²) >= 11 is 0. The number of hydrogen-bond donors (Lipinski definition) is 1. The molecule has 0 rings (SSSR count). The largest absolute Gasteiger partial charge is 0.313 e. The highest BCUT2D eigenvalue weighted by Gasteiger charge is 1.88. The normalized spacial score (nSPS) is 9.00. The Bertz CT molecular complexity index is 151. The molecule has 0 atom stereocenters. The highest BCUT2D eigenvalue weighted by Crippen LogP contribution is 2.03. The maximum absolute atomic E-state index is 9.66. The van der Waals surface area contributed by atoms with E-state index in [1.54, 1.807) is 0 Å². The highest BCUT2D eigenvalue weighted by molar-refractivity contribution is 5.52. The zero-order valence-corrected chi connectivity index (χ0v) is 7.38. The summed E-state index contributed by atoms with van der Waals surface area (Å²) in [6.07, 6.45) is 9.46. The van der Waals surface area contributed by atoms with E-state index in [9.17, 15) is 4.79 Å². The summed E-state index contributed by atoms with van der Waals surface area (Å²) in [7, 11) is 0. The van der Waals surface area contributed by atoms with Crippen LogP contribution in [-0.4, -0.2) is 18.8 Å². The second kappa shape index (κ2) is 10.0. The number of aliphatic imine (C=N–C) groups is 1. The lowest BCUT2D eigenvalue weighted by atomic mass is 10.1. The van der Waals surface area contributed by atoms with Gasteiger partial charge in [-0.2, -0.15) is 0 Å². The number of nitrogens with zero attached hydrogens (tertiary/aromatic N) is 1. The monoisotopic (exact) mass is 168 g/mol. The summed E-state index contributed by atoms with van der Waals surface area (Å²) in [5, 5.41) is 6.79. The van der Waals surface area contributed by atoms with Crippen molar-refractivity contribution in [2.24, 2.45) is 4.99 Å². The number of rotatable bonds is 8. The van der Waals surface area contributed by atoms with Crippen LogP contribution in [0.2, 0.25) is 0 Å². The first-order chi connectivity index (χ1) is 5.91. The zero-order chi connectivity index (χ0) is 9.07. The van der Waals surface area contributed by atoms with Gasteiger partial charge in [-0.05, 0) is 25.5 Å². The Balaban J connectivity index is 2.90. The summed E-state index contributed by atoms with van der Waals surface area (Å²) < 4.78 is 0. The molecule has 0 aliphatic rings. The molecule has 0 aromatic heterocycles. The van der Waals surface area contributed by atoms with Crippen LogP contribution in [0.1, 0.15) is 38.5 Å². The third-order valence-electron chi connectivity index (χ3n) is 1.68. The standard InChI is InChI=1S/C9H16N2O/c10-7-5-3-1-2-4-6-8-11-9-12/h7,10H,1-6,8H2. The third kappa shape index (κ3) is 9.05. The van der Waals surface area contributed by atoms with Crippen LogP contribution in [0.3, 0.4) is 0 Å². The zero-order valence-electron chi connectivity index (χ0n) is 7.38. The average Bonchev–Trinajstić information content (AvgIpc) is 2.10. The molecule has 0 radical (unpaired) electrons. The Labute approximate surface area is 73.4 Å². The first-order valence-electron chi connectivity index (χ1n) is 4.44.